The minimum atomic E-state index is 0.514. The van der Waals surface area contributed by atoms with Gasteiger partial charge < -0.3 is 15.0 Å². The molecule has 0 radical (unpaired) electrons. The van der Waals surface area contributed by atoms with Crippen molar-refractivity contribution >= 4 is 0 Å². The van der Waals surface area contributed by atoms with Gasteiger partial charge in [0, 0.05) is 32.0 Å². The SMILES string of the molecule is C1=CN(CCc2ccc3c(c2)CNCC3)CC=C1OCc1ccccn1. The highest BCUT2D eigenvalue weighted by atomic mass is 16.5. The van der Waals surface area contributed by atoms with Crippen molar-refractivity contribution in [2.75, 3.05) is 19.6 Å². The molecule has 2 aliphatic rings. The van der Waals surface area contributed by atoms with E-state index in [0.717, 1.165) is 50.5 Å². The molecular weight excluding hydrogens is 322 g/mol. The number of allylic oxidation sites excluding steroid dienone is 1. The van der Waals surface area contributed by atoms with E-state index >= 15 is 0 Å². The van der Waals surface area contributed by atoms with Crippen LogP contribution < -0.4 is 5.32 Å². The van der Waals surface area contributed by atoms with Gasteiger partial charge >= 0.3 is 0 Å². The number of nitrogens with zero attached hydrogens (tertiary/aromatic N) is 2. The molecule has 0 aliphatic carbocycles. The van der Waals surface area contributed by atoms with Gasteiger partial charge in [-0.15, -0.1) is 0 Å². The molecule has 0 saturated heterocycles. The average molecular weight is 347 g/mol. The summed E-state index contributed by atoms with van der Waals surface area (Å²) in [6.07, 6.45) is 10.3. The van der Waals surface area contributed by atoms with Gasteiger partial charge in [0.2, 0.25) is 0 Å². The molecule has 0 spiro atoms. The van der Waals surface area contributed by atoms with Gasteiger partial charge in [0.25, 0.3) is 0 Å². The van der Waals surface area contributed by atoms with Crippen LogP contribution in [0.15, 0.2) is 66.7 Å². The summed E-state index contributed by atoms with van der Waals surface area (Å²) in [5.41, 5.74) is 5.34. The Morgan fingerprint density at radius 1 is 1.15 bits per heavy atom. The van der Waals surface area contributed by atoms with Crippen LogP contribution >= 0.6 is 0 Å². The van der Waals surface area contributed by atoms with Gasteiger partial charge in [-0.05, 0) is 60.4 Å². The van der Waals surface area contributed by atoms with E-state index < -0.39 is 0 Å². The normalized spacial score (nSPS) is 16.2. The number of ether oxygens (including phenoxy) is 1. The van der Waals surface area contributed by atoms with Crippen LogP contribution in [-0.2, 0) is 30.7 Å². The van der Waals surface area contributed by atoms with Crippen molar-refractivity contribution in [3.05, 3.63) is 89.1 Å². The van der Waals surface area contributed by atoms with Gasteiger partial charge in [-0.1, -0.05) is 24.3 Å². The van der Waals surface area contributed by atoms with Crippen molar-refractivity contribution in [3.63, 3.8) is 0 Å². The second-order valence-electron chi connectivity index (χ2n) is 6.81. The largest absolute Gasteiger partial charge is 0.488 e. The van der Waals surface area contributed by atoms with E-state index in [2.05, 4.69) is 45.7 Å². The summed E-state index contributed by atoms with van der Waals surface area (Å²) in [5.74, 6) is 0.923. The Morgan fingerprint density at radius 3 is 3.00 bits per heavy atom. The van der Waals surface area contributed by atoms with Gasteiger partial charge in [0.05, 0.1) is 5.69 Å². The first-order valence-electron chi connectivity index (χ1n) is 9.33. The number of hydrogen-bond donors (Lipinski definition) is 1. The molecule has 0 amide bonds. The quantitative estimate of drug-likeness (QED) is 0.871. The van der Waals surface area contributed by atoms with E-state index in [1.54, 1.807) is 6.20 Å². The Labute approximate surface area is 155 Å². The van der Waals surface area contributed by atoms with Crippen molar-refractivity contribution in [2.45, 2.75) is 26.0 Å². The zero-order chi connectivity index (χ0) is 17.6. The highest BCUT2D eigenvalue weighted by molar-refractivity contribution is 5.34. The number of fused-ring (bicyclic) bond motifs is 1. The van der Waals surface area contributed by atoms with Crippen molar-refractivity contribution in [2.24, 2.45) is 0 Å². The van der Waals surface area contributed by atoms with Gasteiger partial charge in [0.15, 0.2) is 0 Å². The zero-order valence-electron chi connectivity index (χ0n) is 15.0. The van der Waals surface area contributed by atoms with Gasteiger partial charge in [-0.2, -0.15) is 0 Å². The van der Waals surface area contributed by atoms with Crippen LogP contribution in [-0.4, -0.2) is 29.5 Å². The maximum atomic E-state index is 5.82. The monoisotopic (exact) mass is 347 g/mol. The molecule has 1 N–H and O–H groups in total. The minimum Gasteiger partial charge on any atom is -0.488 e. The first-order valence-corrected chi connectivity index (χ1v) is 9.33. The molecule has 4 heteroatoms. The number of rotatable bonds is 6. The van der Waals surface area contributed by atoms with Crippen molar-refractivity contribution in [1.29, 1.82) is 0 Å². The molecule has 0 atom stereocenters. The first kappa shape index (κ1) is 16.9. The van der Waals surface area contributed by atoms with Crippen molar-refractivity contribution < 1.29 is 4.74 Å². The second kappa shape index (κ2) is 8.19. The van der Waals surface area contributed by atoms with Crippen LogP contribution in [0.4, 0.5) is 0 Å². The van der Waals surface area contributed by atoms with Crippen LogP contribution in [0.3, 0.4) is 0 Å². The number of benzene rings is 1. The molecule has 4 nitrogen and oxygen atoms in total. The second-order valence-corrected chi connectivity index (χ2v) is 6.81. The number of aromatic nitrogens is 1. The fraction of sp³-hybridized carbons (Fsp3) is 0.318. The number of nitrogens with one attached hydrogen (secondary N) is 1. The standard InChI is InChI=1S/C22H25N3O/c1-2-10-24-21(3-1)17-26-22-8-13-25(14-9-22)12-7-18-4-5-19-6-11-23-16-20(19)15-18/h1-5,8-10,13,15,23H,6-7,11-12,14,16-17H2. The third kappa shape index (κ3) is 4.33. The lowest BCUT2D eigenvalue weighted by Gasteiger charge is -2.23. The third-order valence-corrected chi connectivity index (χ3v) is 4.93. The summed E-state index contributed by atoms with van der Waals surface area (Å²) in [6, 6.07) is 12.8. The third-order valence-electron chi connectivity index (χ3n) is 4.93. The molecule has 2 aliphatic heterocycles. The van der Waals surface area contributed by atoms with Gasteiger partial charge in [-0.3, -0.25) is 4.98 Å². The maximum Gasteiger partial charge on any atom is 0.130 e. The highest BCUT2D eigenvalue weighted by Crippen LogP contribution is 2.17. The van der Waals surface area contributed by atoms with E-state index in [0.29, 0.717) is 6.61 Å². The molecule has 1 aromatic carbocycles. The predicted molar refractivity (Wildman–Crippen MR) is 103 cm³/mol. The molecule has 2 aromatic rings. The highest BCUT2D eigenvalue weighted by Gasteiger charge is 2.10. The zero-order valence-corrected chi connectivity index (χ0v) is 15.0. The summed E-state index contributed by atoms with van der Waals surface area (Å²) < 4.78 is 5.82. The Bertz CT molecular complexity index is 798. The van der Waals surface area contributed by atoms with Crippen molar-refractivity contribution in [3.8, 4) is 0 Å². The molecule has 0 bridgehead atoms. The van der Waals surface area contributed by atoms with E-state index in [-0.39, 0.29) is 0 Å². The molecule has 0 unspecified atom stereocenters. The molecule has 0 saturated carbocycles. The summed E-state index contributed by atoms with van der Waals surface area (Å²) in [6.45, 7) is 4.53. The maximum absolute atomic E-state index is 5.82. The van der Waals surface area contributed by atoms with Crippen LogP contribution in [0.5, 0.6) is 0 Å². The molecule has 134 valence electrons. The van der Waals surface area contributed by atoms with E-state index in [9.17, 15) is 0 Å². The predicted octanol–water partition coefficient (Wildman–Crippen LogP) is 3.20. The average Bonchev–Trinajstić information content (AvgIpc) is 2.72. The Balaban J connectivity index is 1.25. The fourth-order valence-corrected chi connectivity index (χ4v) is 3.39. The summed E-state index contributed by atoms with van der Waals surface area (Å²) in [7, 11) is 0. The van der Waals surface area contributed by atoms with Crippen LogP contribution in [0, 0.1) is 0 Å². The Kier molecular flexibility index (Phi) is 5.31. The number of pyridine rings is 1. The summed E-state index contributed by atoms with van der Waals surface area (Å²) in [5, 5.41) is 3.45. The van der Waals surface area contributed by atoms with E-state index in [1.807, 2.05) is 24.3 Å². The number of hydrogen-bond acceptors (Lipinski definition) is 4. The van der Waals surface area contributed by atoms with Crippen LogP contribution in [0.2, 0.25) is 0 Å². The lowest BCUT2D eigenvalue weighted by molar-refractivity contribution is 0.201. The Morgan fingerprint density at radius 2 is 2.15 bits per heavy atom. The topological polar surface area (TPSA) is 37.4 Å². The molecule has 0 fully saturated rings. The van der Waals surface area contributed by atoms with Gasteiger partial charge in [-0.25, -0.2) is 0 Å². The van der Waals surface area contributed by atoms with E-state index in [1.165, 1.54) is 16.7 Å². The fourth-order valence-electron chi connectivity index (χ4n) is 3.39. The molecular formula is C22H25N3O. The van der Waals surface area contributed by atoms with Crippen LogP contribution in [0.1, 0.15) is 22.4 Å². The lowest BCUT2D eigenvalue weighted by atomic mass is 9.97. The lowest BCUT2D eigenvalue weighted by Crippen LogP contribution is -2.24. The summed E-state index contributed by atoms with van der Waals surface area (Å²) in [4.78, 5) is 6.61. The minimum absolute atomic E-state index is 0.514. The first-order chi connectivity index (χ1) is 12.9. The molecule has 26 heavy (non-hydrogen) atoms. The van der Waals surface area contributed by atoms with Crippen LogP contribution in [0.25, 0.3) is 0 Å². The Hall–Kier alpha value is -2.59. The van der Waals surface area contributed by atoms with Gasteiger partial charge in [0.1, 0.15) is 12.4 Å². The molecule has 1 aromatic heterocycles. The van der Waals surface area contributed by atoms with E-state index in [4.69, 9.17) is 4.74 Å². The smallest absolute Gasteiger partial charge is 0.130 e. The summed E-state index contributed by atoms with van der Waals surface area (Å²) >= 11 is 0. The molecule has 4 rings (SSSR count). The molecule has 3 heterocycles. The van der Waals surface area contributed by atoms with Crippen molar-refractivity contribution in [1.82, 2.24) is 15.2 Å².